The summed E-state index contributed by atoms with van der Waals surface area (Å²) in [5.41, 5.74) is 1.99. The van der Waals surface area contributed by atoms with Crippen molar-refractivity contribution in [3.8, 4) is 17.3 Å². The molecule has 7 nitrogen and oxygen atoms in total. The highest BCUT2D eigenvalue weighted by Gasteiger charge is 2.40. The molecule has 1 aliphatic rings. The molecule has 0 saturated heterocycles. The van der Waals surface area contributed by atoms with Crippen molar-refractivity contribution < 1.29 is 14.3 Å². The lowest BCUT2D eigenvalue weighted by molar-refractivity contribution is -0.143. The van der Waals surface area contributed by atoms with Crippen LogP contribution in [-0.2, 0) is 9.53 Å². The lowest BCUT2D eigenvalue weighted by Crippen LogP contribution is -2.53. The summed E-state index contributed by atoms with van der Waals surface area (Å²) in [4.78, 5) is 26.7. The van der Waals surface area contributed by atoms with Gasteiger partial charge in [0.1, 0.15) is 11.2 Å². The fourth-order valence-electron chi connectivity index (χ4n) is 3.72. The molecule has 29 heavy (non-hydrogen) atoms. The highest BCUT2D eigenvalue weighted by Crippen LogP contribution is 2.33. The molecule has 3 rings (SSSR count). The Balaban J connectivity index is 1.66. The number of nitrogens with zero attached hydrogens (tertiary/aromatic N) is 3. The van der Waals surface area contributed by atoms with Gasteiger partial charge in [-0.25, -0.2) is 4.79 Å². The molecule has 1 aliphatic carbocycles. The van der Waals surface area contributed by atoms with Gasteiger partial charge >= 0.3 is 5.97 Å². The first kappa shape index (κ1) is 20.6. The zero-order valence-corrected chi connectivity index (χ0v) is 17.1. The van der Waals surface area contributed by atoms with E-state index in [9.17, 15) is 14.9 Å². The second-order valence-corrected chi connectivity index (χ2v) is 7.68. The maximum Gasteiger partial charge on any atom is 0.357 e. The van der Waals surface area contributed by atoms with Crippen LogP contribution >= 0.6 is 0 Å². The molecule has 2 aromatic rings. The van der Waals surface area contributed by atoms with E-state index in [4.69, 9.17) is 4.74 Å². The van der Waals surface area contributed by atoms with Crippen molar-refractivity contribution in [2.24, 2.45) is 0 Å². The molecule has 1 amide bonds. The molecule has 1 aromatic carbocycles. The Labute approximate surface area is 170 Å². The van der Waals surface area contributed by atoms with Crippen LogP contribution in [0.5, 0.6) is 0 Å². The largest absolute Gasteiger partial charge is 0.448 e. The van der Waals surface area contributed by atoms with Crippen molar-refractivity contribution in [2.75, 3.05) is 7.05 Å². The van der Waals surface area contributed by atoms with Gasteiger partial charge in [-0.2, -0.15) is 10.4 Å². The van der Waals surface area contributed by atoms with E-state index < -0.39 is 17.6 Å². The van der Waals surface area contributed by atoms with Gasteiger partial charge in [-0.1, -0.05) is 49.1 Å². The third-order valence-corrected chi connectivity index (χ3v) is 5.64. The second-order valence-electron chi connectivity index (χ2n) is 7.68. The molecular weight excluding hydrogens is 368 g/mol. The Hall–Kier alpha value is -3.14. The maximum absolute atomic E-state index is 12.8. The van der Waals surface area contributed by atoms with Gasteiger partial charge in [0.05, 0.1) is 11.8 Å². The number of H-pyrrole nitrogens is 1. The number of amides is 1. The van der Waals surface area contributed by atoms with Crippen LogP contribution in [0.3, 0.4) is 0 Å². The topological polar surface area (TPSA) is 99.1 Å². The van der Waals surface area contributed by atoms with Crippen molar-refractivity contribution in [1.29, 1.82) is 5.26 Å². The molecule has 1 fully saturated rings. The predicted molar refractivity (Wildman–Crippen MR) is 108 cm³/mol. The molecule has 1 heterocycles. The monoisotopic (exact) mass is 394 g/mol. The minimum absolute atomic E-state index is 0.176. The first-order chi connectivity index (χ1) is 13.9. The molecule has 0 bridgehead atoms. The van der Waals surface area contributed by atoms with Gasteiger partial charge < -0.3 is 9.64 Å². The van der Waals surface area contributed by atoms with E-state index >= 15 is 0 Å². The number of carbonyl (C=O) groups is 2. The third-order valence-electron chi connectivity index (χ3n) is 5.64. The molecule has 7 heteroatoms. The highest BCUT2D eigenvalue weighted by atomic mass is 16.5. The van der Waals surface area contributed by atoms with Crippen LogP contribution in [0.25, 0.3) is 11.3 Å². The number of nitriles is 1. The SMILES string of the molecule is Cc1ccc(-c2cc(C(=O)O[C@H](C)C(=O)N(C)C3(C#N)CCCCC3)[nH]n2)cc1. The van der Waals surface area contributed by atoms with Crippen molar-refractivity contribution in [3.05, 3.63) is 41.6 Å². The number of aromatic nitrogens is 2. The van der Waals surface area contributed by atoms with E-state index in [1.165, 1.54) is 11.8 Å². The Morgan fingerprint density at radius 2 is 1.90 bits per heavy atom. The zero-order valence-electron chi connectivity index (χ0n) is 17.1. The fourth-order valence-corrected chi connectivity index (χ4v) is 3.72. The van der Waals surface area contributed by atoms with E-state index in [0.29, 0.717) is 18.5 Å². The number of likely N-dealkylation sites (N-methyl/N-ethyl adjacent to an activating group) is 1. The normalized spacial score (nSPS) is 16.5. The number of aryl methyl sites for hydroxylation is 1. The summed E-state index contributed by atoms with van der Waals surface area (Å²) in [5.74, 6) is -1.03. The molecule has 1 N–H and O–H groups in total. The number of ether oxygens (including phenoxy) is 1. The highest BCUT2D eigenvalue weighted by molar-refractivity contribution is 5.91. The Morgan fingerprint density at radius 3 is 2.52 bits per heavy atom. The van der Waals surface area contributed by atoms with Crippen molar-refractivity contribution in [2.45, 2.75) is 57.6 Å². The molecule has 0 unspecified atom stereocenters. The number of carbonyl (C=O) groups excluding carboxylic acids is 2. The van der Waals surface area contributed by atoms with Crippen LogP contribution in [0.4, 0.5) is 0 Å². The third kappa shape index (κ3) is 4.32. The Bertz CT molecular complexity index is 920. The molecule has 1 saturated carbocycles. The number of aromatic amines is 1. The zero-order chi connectivity index (χ0) is 21.0. The number of rotatable bonds is 5. The van der Waals surface area contributed by atoms with Gasteiger partial charge in [-0.3, -0.25) is 9.89 Å². The van der Waals surface area contributed by atoms with E-state index in [-0.39, 0.29) is 11.6 Å². The molecule has 0 spiro atoms. The minimum atomic E-state index is -0.995. The second kappa shape index (κ2) is 8.48. The van der Waals surface area contributed by atoms with Gasteiger partial charge in [0.25, 0.3) is 5.91 Å². The first-order valence-electron chi connectivity index (χ1n) is 9.89. The number of hydrogen-bond acceptors (Lipinski definition) is 5. The van der Waals surface area contributed by atoms with Crippen molar-refractivity contribution in [3.63, 3.8) is 0 Å². The van der Waals surface area contributed by atoms with Crippen LogP contribution in [0.1, 0.15) is 55.1 Å². The maximum atomic E-state index is 12.8. The van der Waals surface area contributed by atoms with Crippen LogP contribution in [0.2, 0.25) is 0 Å². The standard InChI is InChI=1S/C22H26N4O3/c1-15-7-9-17(10-8-15)18-13-19(25-24-18)21(28)29-16(2)20(27)26(3)22(14-23)11-5-4-6-12-22/h7-10,13,16H,4-6,11-12H2,1-3H3,(H,24,25)/t16-/m1/s1. The van der Waals surface area contributed by atoms with E-state index in [1.807, 2.05) is 31.2 Å². The summed E-state index contributed by atoms with van der Waals surface area (Å²) in [7, 11) is 1.62. The lowest BCUT2D eigenvalue weighted by Gasteiger charge is -2.39. The fraction of sp³-hybridized carbons (Fsp3) is 0.455. The molecule has 1 aromatic heterocycles. The summed E-state index contributed by atoms with van der Waals surface area (Å²) in [6.07, 6.45) is 3.19. The first-order valence-corrected chi connectivity index (χ1v) is 9.89. The Kier molecular flexibility index (Phi) is 6.02. The summed E-state index contributed by atoms with van der Waals surface area (Å²) in [6.45, 7) is 3.53. The summed E-state index contributed by atoms with van der Waals surface area (Å²) in [5, 5.41) is 16.5. The van der Waals surface area contributed by atoms with Gasteiger partial charge in [0, 0.05) is 12.6 Å². The minimum Gasteiger partial charge on any atom is -0.448 e. The van der Waals surface area contributed by atoms with E-state index in [2.05, 4.69) is 16.3 Å². The summed E-state index contributed by atoms with van der Waals surface area (Å²) >= 11 is 0. The average Bonchev–Trinajstić information content (AvgIpc) is 3.24. The number of nitrogens with one attached hydrogen (secondary N) is 1. The number of benzene rings is 1. The smallest absolute Gasteiger partial charge is 0.357 e. The lowest BCUT2D eigenvalue weighted by atomic mass is 9.81. The van der Waals surface area contributed by atoms with Gasteiger partial charge in [0.15, 0.2) is 6.10 Å². The number of esters is 1. The van der Waals surface area contributed by atoms with Crippen molar-refractivity contribution in [1.82, 2.24) is 15.1 Å². The van der Waals surface area contributed by atoms with Gasteiger partial charge in [0.2, 0.25) is 0 Å². The van der Waals surface area contributed by atoms with E-state index in [0.717, 1.165) is 30.4 Å². The molecular formula is C22H26N4O3. The summed E-state index contributed by atoms with van der Waals surface area (Å²) in [6, 6.07) is 11.7. The van der Waals surface area contributed by atoms with Gasteiger partial charge in [-0.15, -0.1) is 0 Å². The quantitative estimate of drug-likeness (QED) is 0.781. The molecule has 0 radical (unpaired) electrons. The van der Waals surface area contributed by atoms with Crippen molar-refractivity contribution >= 4 is 11.9 Å². The van der Waals surface area contributed by atoms with Gasteiger partial charge in [-0.05, 0) is 32.8 Å². The van der Waals surface area contributed by atoms with Crippen LogP contribution in [0.15, 0.2) is 30.3 Å². The summed E-state index contributed by atoms with van der Waals surface area (Å²) < 4.78 is 5.36. The average molecular weight is 394 g/mol. The van der Waals surface area contributed by atoms with Crippen LogP contribution in [0, 0.1) is 18.3 Å². The predicted octanol–water partition coefficient (Wildman–Crippen LogP) is 3.62. The molecule has 0 aliphatic heterocycles. The molecule has 1 atom stereocenters. The van der Waals surface area contributed by atoms with E-state index in [1.54, 1.807) is 13.1 Å². The number of hydrogen-bond donors (Lipinski definition) is 1. The Morgan fingerprint density at radius 1 is 1.24 bits per heavy atom. The molecule has 152 valence electrons. The van der Waals surface area contributed by atoms with Crippen LogP contribution < -0.4 is 0 Å². The van der Waals surface area contributed by atoms with Crippen LogP contribution in [-0.4, -0.2) is 45.7 Å².